The molecule has 1 aromatic heterocycles. The van der Waals surface area contributed by atoms with Crippen LogP contribution in [-0.2, 0) is 4.74 Å². The summed E-state index contributed by atoms with van der Waals surface area (Å²) >= 11 is 1.47. The highest BCUT2D eigenvalue weighted by molar-refractivity contribution is 7.21. The molecule has 0 bridgehead atoms. The summed E-state index contributed by atoms with van der Waals surface area (Å²) < 4.78 is 6.72. The lowest BCUT2D eigenvalue weighted by Gasteiger charge is -2.22. The molecule has 1 atom stereocenters. The standard InChI is InChI=1S/C16H20N2O2S/c1-10-5-4-7-12-13(17)15(21-14(10)12)16(19)18-9-11-6-2-3-8-20-11/h4-5,7,11H,2-3,6,8-9,17H2,1H3,(H,18,19). The van der Waals surface area contributed by atoms with Crippen LogP contribution in [0.3, 0.4) is 0 Å². The number of ether oxygens (including phenoxy) is 1. The normalized spacial score (nSPS) is 18.8. The number of carbonyl (C=O) groups excluding carboxylic acids is 1. The Kier molecular flexibility index (Phi) is 4.12. The van der Waals surface area contributed by atoms with Gasteiger partial charge in [-0.1, -0.05) is 18.2 Å². The third-order valence-electron chi connectivity index (χ3n) is 3.92. The van der Waals surface area contributed by atoms with Crippen LogP contribution in [0, 0.1) is 6.92 Å². The van der Waals surface area contributed by atoms with Gasteiger partial charge in [0.05, 0.1) is 11.8 Å². The van der Waals surface area contributed by atoms with E-state index in [4.69, 9.17) is 10.5 Å². The van der Waals surface area contributed by atoms with Crippen LogP contribution in [0.25, 0.3) is 10.1 Å². The van der Waals surface area contributed by atoms with Crippen molar-refractivity contribution >= 4 is 33.0 Å². The summed E-state index contributed by atoms with van der Waals surface area (Å²) in [5, 5.41) is 3.93. The predicted octanol–water partition coefficient (Wildman–Crippen LogP) is 3.09. The minimum Gasteiger partial charge on any atom is -0.397 e. The first-order chi connectivity index (χ1) is 10.2. The van der Waals surface area contributed by atoms with Gasteiger partial charge in [0.25, 0.3) is 5.91 Å². The second-order valence-corrected chi connectivity index (χ2v) is 6.52. The maximum atomic E-state index is 12.4. The number of thiophene rings is 1. The second-order valence-electron chi connectivity index (χ2n) is 5.50. The van der Waals surface area contributed by atoms with Gasteiger partial charge in [-0.25, -0.2) is 0 Å². The molecule has 1 aliphatic rings. The van der Waals surface area contributed by atoms with Crippen LogP contribution < -0.4 is 11.1 Å². The quantitative estimate of drug-likeness (QED) is 0.916. The van der Waals surface area contributed by atoms with Gasteiger partial charge in [0.2, 0.25) is 0 Å². The number of fused-ring (bicyclic) bond motifs is 1. The zero-order valence-corrected chi connectivity index (χ0v) is 13.0. The Morgan fingerprint density at radius 1 is 1.48 bits per heavy atom. The first-order valence-electron chi connectivity index (χ1n) is 7.34. The van der Waals surface area contributed by atoms with Crippen LogP contribution in [0.1, 0.15) is 34.5 Å². The molecule has 3 N–H and O–H groups in total. The number of amides is 1. The lowest BCUT2D eigenvalue weighted by Crippen LogP contribution is -2.35. The van der Waals surface area contributed by atoms with E-state index < -0.39 is 0 Å². The number of benzene rings is 1. The Morgan fingerprint density at radius 3 is 3.05 bits per heavy atom. The second kappa shape index (κ2) is 6.03. The summed E-state index contributed by atoms with van der Waals surface area (Å²) in [5.41, 5.74) is 7.87. The van der Waals surface area contributed by atoms with E-state index in [1.54, 1.807) is 0 Å². The van der Waals surface area contributed by atoms with Gasteiger partial charge in [-0.2, -0.15) is 0 Å². The van der Waals surface area contributed by atoms with Crippen LogP contribution in [-0.4, -0.2) is 25.2 Å². The van der Waals surface area contributed by atoms with E-state index in [0.29, 0.717) is 17.1 Å². The SMILES string of the molecule is Cc1cccc2c(N)c(C(=O)NCC3CCCCO3)sc12. The molecule has 1 aliphatic heterocycles. The van der Waals surface area contributed by atoms with Gasteiger partial charge in [0.15, 0.2) is 0 Å². The Hall–Kier alpha value is -1.59. The highest BCUT2D eigenvalue weighted by Gasteiger charge is 2.19. The molecule has 3 rings (SSSR count). The molecule has 5 heteroatoms. The number of anilines is 1. The van der Waals surface area contributed by atoms with Crippen molar-refractivity contribution in [3.05, 3.63) is 28.6 Å². The van der Waals surface area contributed by atoms with Crippen molar-refractivity contribution in [2.75, 3.05) is 18.9 Å². The predicted molar refractivity (Wildman–Crippen MR) is 86.9 cm³/mol. The summed E-state index contributed by atoms with van der Waals surface area (Å²) in [6, 6.07) is 5.98. The maximum absolute atomic E-state index is 12.4. The number of nitrogens with two attached hydrogens (primary N) is 1. The third-order valence-corrected chi connectivity index (χ3v) is 5.28. The van der Waals surface area contributed by atoms with Crippen LogP contribution in [0.15, 0.2) is 18.2 Å². The van der Waals surface area contributed by atoms with Gasteiger partial charge >= 0.3 is 0 Å². The number of hydrogen-bond donors (Lipinski definition) is 2. The van der Waals surface area contributed by atoms with Crippen molar-refractivity contribution in [3.8, 4) is 0 Å². The molecule has 0 aliphatic carbocycles. The smallest absolute Gasteiger partial charge is 0.263 e. The number of rotatable bonds is 3. The van der Waals surface area contributed by atoms with Crippen molar-refractivity contribution in [1.82, 2.24) is 5.32 Å². The van der Waals surface area contributed by atoms with E-state index >= 15 is 0 Å². The topological polar surface area (TPSA) is 64.4 Å². The average molecular weight is 304 g/mol. The summed E-state index contributed by atoms with van der Waals surface area (Å²) in [6.07, 6.45) is 3.44. The van der Waals surface area contributed by atoms with Crippen LogP contribution >= 0.6 is 11.3 Å². The molecule has 1 saturated heterocycles. The minimum atomic E-state index is -0.0951. The van der Waals surface area contributed by atoms with E-state index in [0.717, 1.165) is 35.1 Å². The van der Waals surface area contributed by atoms with Crippen molar-refractivity contribution < 1.29 is 9.53 Å². The fraction of sp³-hybridized carbons (Fsp3) is 0.438. The first-order valence-corrected chi connectivity index (χ1v) is 8.16. The molecule has 1 amide bonds. The lowest BCUT2D eigenvalue weighted by molar-refractivity contribution is 0.0169. The molecule has 1 fully saturated rings. The monoisotopic (exact) mass is 304 g/mol. The maximum Gasteiger partial charge on any atom is 0.263 e. The van der Waals surface area contributed by atoms with Gasteiger partial charge in [-0.15, -0.1) is 11.3 Å². The van der Waals surface area contributed by atoms with Gasteiger partial charge in [-0.3, -0.25) is 4.79 Å². The van der Waals surface area contributed by atoms with E-state index in [9.17, 15) is 4.79 Å². The summed E-state index contributed by atoms with van der Waals surface area (Å²) in [6.45, 7) is 3.39. The highest BCUT2D eigenvalue weighted by atomic mass is 32.1. The molecule has 2 heterocycles. The molecule has 0 saturated carbocycles. The molecule has 112 valence electrons. The zero-order valence-electron chi connectivity index (χ0n) is 12.1. The van der Waals surface area contributed by atoms with Crippen molar-refractivity contribution in [2.24, 2.45) is 0 Å². The summed E-state index contributed by atoms with van der Waals surface area (Å²) in [7, 11) is 0. The summed E-state index contributed by atoms with van der Waals surface area (Å²) in [4.78, 5) is 13.0. The van der Waals surface area contributed by atoms with E-state index in [1.165, 1.54) is 17.8 Å². The first kappa shape index (κ1) is 14.4. The Balaban J connectivity index is 1.75. The van der Waals surface area contributed by atoms with Gasteiger partial charge in [0.1, 0.15) is 4.88 Å². The molecule has 4 nitrogen and oxygen atoms in total. The van der Waals surface area contributed by atoms with Crippen LogP contribution in [0.5, 0.6) is 0 Å². The average Bonchev–Trinajstić information content (AvgIpc) is 2.85. The molecule has 1 aromatic carbocycles. The number of nitrogens with one attached hydrogen (secondary N) is 1. The van der Waals surface area contributed by atoms with Crippen molar-refractivity contribution in [3.63, 3.8) is 0 Å². The van der Waals surface area contributed by atoms with Gasteiger partial charge in [0, 0.05) is 23.2 Å². The Morgan fingerprint density at radius 2 is 2.33 bits per heavy atom. The lowest BCUT2D eigenvalue weighted by atomic mass is 10.1. The fourth-order valence-electron chi connectivity index (χ4n) is 2.70. The van der Waals surface area contributed by atoms with Crippen molar-refractivity contribution in [1.29, 1.82) is 0 Å². The molecular weight excluding hydrogens is 284 g/mol. The van der Waals surface area contributed by atoms with Gasteiger partial charge in [-0.05, 0) is 31.7 Å². The summed E-state index contributed by atoms with van der Waals surface area (Å²) in [5.74, 6) is -0.0951. The number of aryl methyl sites for hydroxylation is 1. The highest BCUT2D eigenvalue weighted by Crippen LogP contribution is 2.35. The number of nitrogen functional groups attached to an aromatic ring is 1. The largest absolute Gasteiger partial charge is 0.397 e. The Labute approximate surface area is 128 Å². The minimum absolute atomic E-state index is 0.0951. The van der Waals surface area contributed by atoms with E-state index in [1.807, 2.05) is 25.1 Å². The Bertz CT molecular complexity index is 660. The van der Waals surface area contributed by atoms with Crippen LogP contribution in [0.4, 0.5) is 5.69 Å². The molecule has 1 unspecified atom stereocenters. The molecule has 2 aromatic rings. The molecular formula is C16H20N2O2S. The molecule has 21 heavy (non-hydrogen) atoms. The van der Waals surface area contributed by atoms with E-state index in [2.05, 4.69) is 5.32 Å². The van der Waals surface area contributed by atoms with Gasteiger partial charge < -0.3 is 15.8 Å². The van der Waals surface area contributed by atoms with E-state index in [-0.39, 0.29) is 12.0 Å². The molecule has 0 spiro atoms. The van der Waals surface area contributed by atoms with Crippen molar-refractivity contribution in [2.45, 2.75) is 32.3 Å². The number of carbonyl (C=O) groups is 1. The third kappa shape index (κ3) is 2.89. The molecule has 0 radical (unpaired) electrons. The fourth-order valence-corrected chi connectivity index (χ4v) is 3.81. The number of hydrogen-bond acceptors (Lipinski definition) is 4. The van der Waals surface area contributed by atoms with Crippen LogP contribution in [0.2, 0.25) is 0 Å². The zero-order chi connectivity index (χ0) is 14.8.